The van der Waals surface area contributed by atoms with Crippen molar-refractivity contribution in [3.63, 3.8) is 0 Å². The van der Waals surface area contributed by atoms with Gasteiger partial charge in [-0.15, -0.1) is 0 Å². The predicted octanol–water partition coefficient (Wildman–Crippen LogP) is 3.01. The van der Waals surface area contributed by atoms with Gasteiger partial charge in [0.15, 0.2) is 0 Å². The van der Waals surface area contributed by atoms with Gasteiger partial charge in [0, 0.05) is 20.2 Å². The van der Waals surface area contributed by atoms with Crippen LogP contribution in [0.5, 0.6) is 0 Å². The Hall–Kier alpha value is -0.860. The second-order valence-electron chi connectivity index (χ2n) is 5.33. The Morgan fingerprint density at radius 1 is 1.19 bits per heavy atom. The van der Waals surface area contributed by atoms with Crippen molar-refractivity contribution in [1.29, 1.82) is 0 Å². The van der Waals surface area contributed by atoms with E-state index < -0.39 is 0 Å². The molecule has 1 N–H and O–H groups in total. The summed E-state index contributed by atoms with van der Waals surface area (Å²) in [6, 6.07) is 10.3. The Kier molecular flexibility index (Phi) is 4.97. The van der Waals surface area contributed by atoms with Crippen LogP contribution in [0.25, 0.3) is 0 Å². The van der Waals surface area contributed by atoms with Crippen LogP contribution in [0.3, 0.4) is 0 Å². The van der Waals surface area contributed by atoms with E-state index >= 15 is 0 Å². The lowest BCUT2D eigenvalue weighted by Crippen LogP contribution is -2.31. The number of ether oxygens (including phenoxy) is 1. The molecule has 0 aliphatic heterocycles. The zero-order valence-electron chi connectivity index (χ0n) is 10.8. The predicted molar refractivity (Wildman–Crippen MR) is 68.5 cm³/mol. The lowest BCUT2D eigenvalue weighted by atomic mass is 9.97. The molecule has 90 valence electrons. The topological polar surface area (TPSA) is 21.3 Å². The Balaban J connectivity index is 2.45. The Labute approximate surface area is 99.0 Å². The van der Waals surface area contributed by atoms with Gasteiger partial charge in [-0.1, -0.05) is 51.1 Å². The molecule has 1 rings (SSSR count). The van der Waals surface area contributed by atoms with Gasteiger partial charge in [0.05, 0.1) is 6.10 Å². The van der Waals surface area contributed by atoms with Gasteiger partial charge in [-0.3, -0.25) is 0 Å². The van der Waals surface area contributed by atoms with Crippen LogP contribution in [0.2, 0.25) is 0 Å². The molecule has 0 aromatic heterocycles. The van der Waals surface area contributed by atoms with Crippen LogP contribution in [0, 0.1) is 5.41 Å². The van der Waals surface area contributed by atoms with Gasteiger partial charge in [0.25, 0.3) is 0 Å². The molecular weight excluding hydrogens is 198 g/mol. The second kappa shape index (κ2) is 6.02. The molecule has 1 aromatic carbocycles. The third-order valence-electron chi connectivity index (χ3n) is 2.44. The van der Waals surface area contributed by atoms with Gasteiger partial charge in [0.1, 0.15) is 0 Å². The molecule has 0 heterocycles. The van der Waals surface area contributed by atoms with Crippen LogP contribution in [-0.4, -0.2) is 20.2 Å². The van der Waals surface area contributed by atoms with Gasteiger partial charge in [-0.05, 0) is 11.0 Å². The molecule has 1 atom stereocenters. The van der Waals surface area contributed by atoms with Crippen LogP contribution in [0.15, 0.2) is 30.3 Å². The smallest absolute Gasteiger partial charge is 0.0945 e. The summed E-state index contributed by atoms with van der Waals surface area (Å²) in [5, 5.41) is 3.45. The Morgan fingerprint density at radius 3 is 2.31 bits per heavy atom. The van der Waals surface area contributed by atoms with E-state index in [4.69, 9.17) is 4.74 Å². The average Bonchev–Trinajstić information content (AvgIpc) is 2.24. The molecule has 0 radical (unpaired) electrons. The zero-order valence-corrected chi connectivity index (χ0v) is 10.8. The lowest BCUT2D eigenvalue weighted by Gasteiger charge is -2.22. The molecule has 1 aromatic rings. The molecule has 0 saturated carbocycles. The molecule has 0 saturated heterocycles. The quantitative estimate of drug-likeness (QED) is 0.825. The minimum Gasteiger partial charge on any atom is -0.375 e. The molecule has 0 aliphatic rings. The lowest BCUT2D eigenvalue weighted by molar-refractivity contribution is 0.1000. The van der Waals surface area contributed by atoms with E-state index in [1.54, 1.807) is 7.11 Å². The molecule has 0 bridgehead atoms. The molecule has 16 heavy (non-hydrogen) atoms. The van der Waals surface area contributed by atoms with Crippen molar-refractivity contribution in [3.8, 4) is 0 Å². The van der Waals surface area contributed by atoms with E-state index in [1.807, 2.05) is 18.2 Å². The van der Waals surface area contributed by atoms with Gasteiger partial charge >= 0.3 is 0 Å². The first-order valence-electron chi connectivity index (χ1n) is 5.81. The summed E-state index contributed by atoms with van der Waals surface area (Å²) < 4.78 is 5.49. The summed E-state index contributed by atoms with van der Waals surface area (Å²) in [4.78, 5) is 0. The number of hydrogen-bond donors (Lipinski definition) is 1. The normalized spacial score (nSPS) is 13.8. The molecule has 0 spiro atoms. The van der Waals surface area contributed by atoms with Crippen LogP contribution in [0.1, 0.15) is 32.4 Å². The van der Waals surface area contributed by atoms with Crippen molar-refractivity contribution < 1.29 is 4.74 Å². The molecule has 0 aliphatic carbocycles. The fourth-order valence-corrected chi connectivity index (χ4v) is 1.58. The fraction of sp³-hybridized carbons (Fsp3) is 0.571. The second-order valence-corrected chi connectivity index (χ2v) is 5.33. The molecule has 0 amide bonds. The summed E-state index contributed by atoms with van der Waals surface area (Å²) >= 11 is 0. The Morgan fingerprint density at radius 2 is 1.81 bits per heavy atom. The van der Waals surface area contributed by atoms with Gasteiger partial charge in [0.2, 0.25) is 0 Å². The average molecular weight is 221 g/mol. The van der Waals surface area contributed by atoms with E-state index in [-0.39, 0.29) is 6.10 Å². The number of hydrogen-bond acceptors (Lipinski definition) is 2. The Bertz CT molecular complexity index is 289. The van der Waals surface area contributed by atoms with Crippen molar-refractivity contribution >= 4 is 0 Å². The summed E-state index contributed by atoms with van der Waals surface area (Å²) in [7, 11) is 1.76. The van der Waals surface area contributed by atoms with Gasteiger partial charge in [-0.2, -0.15) is 0 Å². The number of methoxy groups -OCH3 is 1. The third kappa shape index (κ3) is 4.77. The highest BCUT2D eigenvalue weighted by molar-refractivity contribution is 5.17. The summed E-state index contributed by atoms with van der Waals surface area (Å²) in [6.45, 7) is 8.54. The summed E-state index contributed by atoms with van der Waals surface area (Å²) in [5.74, 6) is 0. The first-order chi connectivity index (χ1) is 7.53. The minimum atomic E-state index is 0.142. The SMILES string of the molecule is COC(CNCC(C)(C)C)c1ccccc1. The highest BCUT2D eigenvalue weighted by Gasteiger charge is 2.13. The maximum absolute atomic E-state index is 5.49. The molecule has 0 fully saturated rings. The fourth-order valence-electron chi connectivity index (χ4n) is 1.58. The molecule has 2 heteroatoms. The van der Waals surface area contributed by atoms with Crippen molar-refractivity contribution in [3.05, 3.63) is 35.9 Å². The van der Waals surface area contributed by atoms with Crippen LogP contribution < -0.4 is 5.32 Å². The minimum absolute atomic E-state index is 0.142. The third-order valence-corrected chi connectivity index (χ3v) is 2.44. The monoisotopic (exact) mass is 221 g/mol. The van der Waals surface area contributed by atoms with Crippen LogP contribution >= 0.6 is 0 Å². The van der Waals surface area contributed by atoms with Crippen molar-refractivity contribution in [1.82, 2.24) is 5.32 Å². The van der Waals surface area contributed by atoms with E-state index in [9.17, 15) is 0 Å². The first-order valence-corrected chi connectivity index (χ1v) is 5.81. The van der Waals surface area contributed by atoms with E-state index in [0.29, 0.717) is 5.41 Å². The zero-order chi connectivity index (χ0) is 12.0. The maximum Gasteiger partial charge on any atom is 0.0945 e. The highest BCUT2D eigenvalue weighted by atomic mass is 16.5. The van der Waals surface area contributed by atoms with E-state index in [1.165, 1.54) is 5.56 Å². The molecule has 2 nitrogen and oxygen atoms in total. The van der Waals surface area contributed by atoms with Crippen LogP contribution in [-0.2, 0) is 4.74 Å². The standard InChI is InChI=1S/C14H23NO/c1-14(2,3)11-15-10-13(16-4)12-8-6-5-7-9-12/h5-9,13,15H,10-11H2,1-4H3. The largest absolute Gasteiger partial charge is 0.375 e. The van der Waals surface area contributed by atoms with Gasteiger partial charge < -0.3 is 10.1 Å². The van der Waals surface area contributed by atoms with E-state index in [0.717, 1.165) is 13.1 Å². The number of nitrogens with one attached hydrogen (secondary N) is 1. The number of benzene rings is 1. The van der Waals surface area contributed by atoms with Crippen molar-refractivity contribution in [2.45, 2.75) is 26.9 Å². The summed E-state index contributed by atoms with van der Waals surface area (Å²) in [5.41, 5.74) is 1.54. The van der Waals surface area contributed by atoms with Crippen molar-refractivity contribution in [2.75, 3.05) is 20.2 Å². The molecular formula is C14H23NO. The molecule has 1 unspecified atom stereocenters. The summed E-state index contributed by atoms with van der Waals surface area (Å²) in [6.07, 6.45) is 0.142. The van der Waals surface area contributed by atoms with Crippen molar-refractivity contribution in [2.24, 2.45) is 5.41 Å². The maximum atomic E-state index is 5.49. The first kappa shape index (κ1) is 13.2. The highest BCUT2D eigenvalue weighted by Crippen LogP contribution is 2.16. The van der Waals surface area contributed by atoms with Gasteiger partial charge in [-0.25, -0.2) is 0 Å². The number of rotatable bonds is 5. The van der Waals surface area contributed by atoms with Crippen LogP contribution in [0.4, 0.5) is 0 Å². The van der Waals surface area contributed by atoms with E-state index in [2.05, 4.69) is 38.2 Å².